The molecule has 1 aliphatic heterocycles. The molecule has 1 N–H and O–H groups in total. The third-order valence-electron chi connectivity index (χ3n) is 5.38. The van der Waals surface area contributed by atoms with E-state index in [2.05, 4.69) is 42.6 Å². The molecule has 5 heteroatoms. The second kappa shape index (κ2) is 10.6. The number of methoxy groups -OCH3 is 1. The summed E-state index contributed by atoms with van der Waals surface area (Å²) >= 11 is 1.83. The first-order valence-electron chi connectivity index (χ1n) is 10.5. The molecule has 1 aliphatic rings. The molecule has 0 saturated carbocycles. The number of thioether (sulfide) groups is 1. The standard InChI is InChI=1S/C24H31NO3S/c1-4-6-8-13-19-22(24(26)28-5-2)25-21-15-14-17(27-3)16-20(21)23(19)29-18-11-9-7-10-12-18/h7,9-12,14-16,19,22-23,25H,4-6,8,13H2,1-3H3. The van der Waals surface area contributed by atoms with Crippen LogP contribution in [0.2, 0.25) is 0 Å². The molecule has 3 rings (SSSR count). The summed E-state index contributed by atoms with van der Waals surface area (Å²) in [7, 11) is 1.69. The number of fused-ring (bicyclic) bond motifs is 1. The van der Waals surface area contributed by atoms with Gasteiger partial charge in [-0.15, -0.1) is 11.8 Å². The van der Waals surface area contributed by atoms with Crippen LogP contribution < -0.4 is 10.1 Å². The summed E-state index contributed by atoms with van der Waals surface area (Å²) in [6.45, 7) is 4.46. The van der Waals surface area contributed by atoms with Crippen molar-refractivity contribution in [2.45, 2.75) is 55.7 Å². The molecule has 3 atom stereocenters. The highest BCUT2D eigenvalue weighted by atomic mass is 32.2. The second-order valence-corrected chi connectivity index (χ2v) is 8.55. The third kappa shape index (κ3) is 5.27. The second-order valence-electron chi connectivity index (χ2n) is 7.34. The fourth-order valence-electron chi connectivity index (χ4n) is 3.93. The molecule has 0 aromatic heterocycles. The van der Waals surface area contributed by atoms with Gasteiger partial charge in [-0.25, -0.2) is 4.79 Å². The van der Waals surface area contributed by atoms with Gasteiger partial charge in [0.05, 0.1) is 13.7 Å². The van der Waals surface area contributed by atoms with Crippen LogP contribution >= 0.6 is 11.8 Å². The monoisotopic (exact) mass is 413 g/mol. The number of esters is 1. The Morgan fingerprint density at radius 3 is 2.59 bits per heavy atom. The number of hydrogen-bond donors (Lipinski definition) is 1. The van der Waals surface area contributed by atoms with E-state index in [0.29, 0.717) is 6.61 Å². The van der Waals surface area contributed by atoms with Crippen LogP contribution in [0.25, 0.3) is 0 Å². The SMILES string of the molecule is CCCCCC1C(C(=O)OCC)Nc2ccc(OC)cc2C1Sc1ccccc1. The zero-order chi connectivity index (χ0) is 20.6. The van der Waals surface area contributed by atoms with Crippen molar-refractivity contribution in [1.29, 1.82) is 0 Å². The van der Waals surface area contributed by atoms with Crippen LogP contribution in [0.5, 0.6) is 5.75 Å². The van der Waals surface area contributed by atoms with E-state index in [1.165, 1.54) is 16.9 Å². The van der Waals surface area contributed by atoms with E-state index in [9.17, 15) is 4.79 Å². The molecule has 0 saturated heterocycles. The number of anilines is 1. The van der Waals surface area contributed by atoms with Crippen molar-refractivity contribution in [1.82, 2.24) is 0 Å². The van der Waals surface area contributed by atoms with Crippen LogP contribution in [0.1, 0.15) is 50.3 Å². The molecule has 156 valence electrons. The Kier molecular flexibility index (Phi) is 7.87. The van der Waals surface area contributed by atoms with Crippen LogP contribution in [0.15, 0.2) is 53.4 Å². The predicted octanol–water partition coefficient (Wildman–Crippen LogP) is 6.08. The van der Waals surface area contributed by atoms with Crippen LogP contribution in [-0.2, 0) is 9.53 Å². The van der Waals surface area contributed by atoms with Crippen molar-refractivity contribution in [2.24, 2.45) is 5.92 Å². The number of ether oxygens (including phenoxy) is 2. The first-order chi connectivity index (χ1) is 14.2. The van der Waals surface area contributed by atoms with Crippen molar-refractivity contribution in [2.75, 3.05) is 19.0 Å². The van der Waals surface area contributed by atoms with Gasteiger partial charge >= 0.3 is 5.97 Å². The average Bonchev–Trinajstić information content (AvgIpc) is 2.75. The number of benzene rings is 2. The number of rotatable bonds is 9. The molecular weight excluding hydrogens is 382 g/mol. The molecule has 0 spiro atoms. The zero-order valence-corrected chi connectivity index (χ0v) is 18.3. The minimum atomic E-state index is -0.339. The molecule has 0 aliphatic carbocycles. The van der Waals surface area contributed by atoms with Gasteiger partial charge in [-0.05, 0) is 49.2 Å². The van der Waals surface area contributed by atoms with Crippen molar-refractivity contribution < 1.29 is 14.3 Å². The summed E-state index contributed by atoms with van der Waals surface area (Å²) in [5.41, 5.74) is 2.18. The van der Waals surface area contributed by atoms with Gasteiger partial charge in [0, 0.05) is 21.8 Å². The largest absolute Gasteiger partial charge is 0.497 e. The van der Waals surface area contributed by atoms with Gasteiger partial charge < -0.3 is 14.8 Å². The van der Waals surface area contributed by atoms with Crippen LogP contribution in [0.4, 0.5) is 5.69 Å². The van der Waals surface area contributed by atoms with Gasteiger partial charge in [-0.3, -0.25) is 0 Å². The summed E-state index contributed by atoms with van der Waals surface area (Å²) < 4.78 is 10.9. The molecule has 29 heavy (non-hydrogen) atoms. The Balaban J connectivity index is 2.01. The number of carbonyl (C=O) groups is 1. The maximum absolute atomic E-state index is 12.9. The molecular formula is C24H31NO3S. The molecule has 3 unspecified atom stereocenters. The zero-order valence-electron chi connectivity index (χ0n) is 17.5. The lowest BCUT2D eigenvalue weighted by molar-refractivity contribution is -0.145. The van der Waals surface area contributed by atoms with E-state index >= 15 is 0 Å². The van der Waals surface area contributed by atoms with E-state index in [-0.39, 0.29) is 23.2 Å². The summed E-state index contributed by atoms with van der Waals surface area (Å²) in [6.07, 6.45) is 4.40. The molecule has 0 radical (unpaired) electrons. The highest BCUT2D eigenvalue weighted by Gasteiger charge is 2.41. The highest BCUT2D eigenvalue weighted by molar-refractivity contribution is 7.99. The fraction of sp³-hybridized carbons (Fsp3) is 0.458. The van der Waals surface area contributed by atoms with Gasteiger partial charge in [-0.2, -0.15) is 0 Å². The molecule has 1 heterocycles. The van der Waals surface area contributed by atoms with E-state index in [4.69, 9.17) is 9.47 Å². The summed E-state index contributed by atoms with van der Waals surface area (Å²) in [5, 5.41) is 3.63. The number of unbranched alkanes of at least 4 members (excludes halogenated alkanes) is 2. The minimum Gasteiger partial charge on any atom is -0.497 e. The first-order valence-corrected chi connectivity index (χ1v) is 11.4. The number of nitrogens with one attached hydrogen (secondary N) is 1. The van der Waals surface area contributed by atoms with Gasteiger partial charge in [0.15, 0.2) is 0 Å². The minimum absolute atomic E-state index is 0.144. The van der Waals surface area contributed by atoms with Gasteiger partial charge in [0.2, 0.25) is 0 Å². The van der Waals surface area contributed by atoms with E-state index in [1.807, 2.05) is 36.9 Å². The molecule has 0 bridgehead atoms. The first kappa shape index (κ1) is 21.6. The number of hydrogen-bond acceptors (Lipinski definition) is 5. The maximum Gasteiger partial charge on any atom is 0.328 e. The number of carbonyl (C=O) groups excluding carboxylic acids is 1. The maximum atomic E-state index is 12.9. The predicted molar refractivity (Wildman–Crippen MR) is 120 cm³/mol. The average molecular weight is 414 g/mol. The van der Waals surface area contributed by atoms with Gasteiger partial charge in [0.1, 0.15) is 11.8 Å². The molecule has 4 nitrogen and oxygen atoms in total. The highest BCUT2D eigenvalue weighted by Crippen LogP contribution is 2.50. The Bertz CT molecular complexity index is 796. The lowest BCUT2D eigenvalue weighted by Gasteiger charge is -2.39. The Labute approximate surface area is 178 Å². The van der Waals surface area contributed by atoms with Crippen LogP contribution in [-0.4, -0.2) is 25.7 Å². The van der Waals surface area contributed by atoms with Crippen molar-refractivity contribution >= 4 is 23.4 Å². The van der Waals surface area contributed by atoms with Crippen LogP contribution in [0.3, 0.4) is 0 Å². The quantitative estimate of drug-likeness (QED) is 0.399. The van der Waals surface area contributed by atoms with Crippen molar-refractivity contribution in [3.63, 3.8) is 0 Å². The lowest BCUT2D eigenvalue weighted by Crippen LogP contribution is -2.44. The fourth-order valence-corrected chi connectivity index (χ4v) is 5.32. The lowest BCUT2D eigenvalue weighted by atomic mass is 9.83. The Morgan fingerprint density at radius 1 is 1.10 bits per heavy atom. The molecule has 0 amide bonds. The van der Waals surface area contributed by atoms with E-state index in [1.54, 1.807) is 7.11 Å². The smallest absolute Gasteiger partial charge is 0.328 e. The van der Waals surface area contributed by atoms with Gasteiger partial charge in [-0.1, -0.05) is 44.4 Å². The topological polar surface area (TPSA) is 47.6 Å². The van der Waals surface area contributed by atoms with Crippen molar-refractivity contribution in [3.8, 4) is 5.75 Å². The molecule has 0 fully saturated rings. The van der Waals surface area contributed by atoms with E-state index in [0.717, 1.165) is 30.7 Å². The van der Waals surface area contributed by atoms with E-state index < -0.39 is 0 Å². The summed E-state index contributed by atoms with van der Waals surface area (Å²) in [6, 6.07) is 16.1. The normalized spacial score (nSPS) is 20.4. The van der Waals surface area contributed by atoms with Crippen LogP contribution in [0, 0.1) is 5.92 Å². The molecule has 2 aromatic carbocycles. The van der Waals surface area contributed by atoms with Gasteiger partial charge in [0.25, 0.3) is 0 Å². The van der Waals surface area contributed by atoms with Crippen molar-refractivity contribution in [3.05, 3.63) is 54.1 Å². The summed E-state index contributed by atoms with van der Waals surface area (Å²) in [4.78, 5) is 14.1. The molecule has 2 aromatic rings. The Hall–Kier alpha value is -2.14. The summed E-state index contributed by atoms with van der Waals surface area (Å²) in [5.74, 6) is 0.825. The Morgan fingerprint density at radius 2 is 1.90 bits per heavy atom. The third-order valence-corrected chi connectivity index (χ3v) is 6.78.